The van der Waals surface area contributed by atoms with Crippen LogP contribution in [0, 0.1) is 6.92 Å². The number of nitrogens with zero attached hydrogens (tertiary/aromatic N) is 1. The van der Waals surface area contributed by atoms with Gasteiger partial charge < -0.3 is 10.6 Å². The van der Waals surface area contributed by atoms with Crippen LogP contribution in [0.5, 0.6) is 0 Å². The number of nitrogens with one attached hydrogen (secondary N) is 2. The summed E-state index contributed by atoms with van der Waals surface area (Å²) in [6, 6.07) is 7.62. The van der Waals surface area contributed by atoms with Crippen molar-refractivity contribution in [2.45, 2.75) is 13.5 Å². The lowest BCUT2D eigenvalue weighted by Crippen LogP contribution is -2.22. The van der Waals surface area contributed by atoms with Crippen LogP contribution in [0.3, 0.4) is 0 Å². The van der Waals surface area contributed by atoms with E-state index in [1.54, 1.807) is 36.7 Å². The van der Waals surface area contributed by atoms with Gasteiger partial charge in [-0.15, -0.1) is 11.3 Å². The predicted molar refractivity (Wildman–Crippen MR) is 74.0 cm³/mol. The molecule has 2 rings (SSSR count). The van der Waals surface area contributed by atoms with E-state index in [4.69, 9.17) is 0 Å². The first-order chi connectivity index (χ1) is 8.69. The van der Waals surface area contributed by atoms with E-state index in [9.17, 15) is 4.79 Å². The zero-order valence-electron chi connectivity index (χ0n) is 10.4. The molecule has 0 aliphatic carbocycles. The van der Waals surface area contributed by atoms with E-state index in [0.29, 0.717) is 12.1 Å². The molecule has 2 N–H and O–H groups in total. The fourth-order valence-electron chi connectivity index (χ4n) is 1.53. The zero-order valence-corrected chi connectivity index (χ0v) is 11.2. The maximum Gasteiger partial charge on any atom is 0.253 e. The lowest BCUT2D eigenvalue weighted by atomic mass is 10.2. The van der Waals surface area contributed by atoms with Gasteiger partial charge >= 0.3 is 0 Å². The Balaban J connectivity index is 1.94. The summed E-state index contributed by atoms with van der Waals surface area (Å²) in [6.07, 6.45) is 1.57. The topological polar surface area (TPSA) is 54.0 Å². The van der Waals surface area contributed by atoms with Gasteiger partial charge in [0.25, 0.3) is 5.91 Å². The minimum Gasteiger partial charge on any atom is -0.373 e. The normalized spacial score (nSPS) is 10.1. The summed E-state index contributed by atoms with van der Waals surface area (Å²) in [5.74, 6) is 0.650. The highest BCUT2D eigenvalue weighted by molar-refractivity contribution is 7.11. The molecule has 1 amide bonds. The number of pyridine rings is 1. The van der Waals surface area contributed by atoms with Crippen molar-refractivity contribution in [2.75, 3.05) is 12.4 Å². The van der Waals surface area contributed by atoms with E-state index in [1.807, 2.05) is 6.07 Å². The Morgan fingerprint density at radius 2 is 2.17 bits per heavy atom. The third kappa shape index (κ3) is 3.07. The Morgan fingerprint density at radius 3 is 2.72 bits per heavy atom. The zero-order chi connectivity index (χ0) is 13.0. The summed E-state index contributed by atoms with van der Waals surface area (Å²) in [5, 5.41) is 5.79. The summed E-state index contributed by atoms with van der Waals surface area (Å²) >= 11 is 1.69. The second kappa shape index (κ2) is 5.64. The largest absolute Gasteiger partial charge is 0.373 e. The molecule has 0 aliphatic heterocycles. The van der Waals surface area contributed by atoms with Crippen LogP contribution in [0.25, 0.3) is 0 Å². The van der Waals surface area contributed by atoms with Crippen molar-refractivity contribution in [3.8, 4) is 0 Å². The summed E-state index contributed by atoms with van der Waals surface area (Å²) in [7, 11) is 1.79. The molecule has 0 saturated carbocycles. The molecular weight excluding hydrogens is 246 g/mol. The van der Waals surface area contributed by atoms with Gasteiger partial charge in [0.2, 0.25) is 0 Å². The van der Waals surface area contributed by atoms with Crippen LogP contribution >= 0.6 is 11.3 Å². The van der Waals surface area contributed by atoms with Crippen molar-refractivity contribution in [1.82, 2.24) is 10.3 Å². The Kier molecular flexibility index (Phi) is 3.94. The highest BCUT2D eigenvalue weighted by Gasteiger charge is 2.06. The van der Waals surface area contributed by atoms with Gasteiger partial charge in [-0.2, -0.15) is 0 Å². The molecule has 5 heteroatoms. The Bertz CT molecular complexity index is 533. The number of aromatic nitrogens is 1. The molecule has 0 bridgehead atoms. The van der Waals surface area contributed by atoms with E-state index in [-0.39, 0.29) is 5.91 Å². The van der Waals surface area contributed by atoms with Gasteiger partial charge in [-0.05, 0) is 31.2 Å². The monoisotopic (exact) mass is 261 g/mol. The van der Waals surface area contributed by atoms with Crippen molar-refractivity contribution < 1.29 is 4.79 Å². The van der Waals surface area contributed by atoms with Gasteiger partial charge in [0.1, 0.15) is 5.82 Å². The van der Waals surface area contributed by atoms with Crippen molar-refractivity contribution in [1.29, 1.82) is 0 Å². The molecule has 18 heavy (non-hydrogen) atoms. The van der Waals surface area contributed by atoms with Gasteiger partial charge in [-0.25, -0.2) is 4.98 Å². The molecule has 2 heterocycles. The summed E-state index contributed by atoms with van der Waals surface area (Å²) < 4.78 is 0. The molecule has 0 unspecified atom stereocenters. The van der Waals surface area contributed by atoms with Gasteiger partial charge in [0.15, 0.2) is 0 Å². The lowest BCUT2D eigenvalue weighted by Gasteiger charge is -2.04. The van der Waals surface area contributed by atoms with Crippen LogP contribution in [0.1, 0.15) is 20.1 Å². The fourth-order valence-corrected chi connectivity index (χ4v) is 2.36. The van der Waals surface area contributed by atoms with Crippen LogP contribution in [-0.4, -0.2) is 17.9 Å². The second-order valence-electron chi connectivity index (χ2n) is 3.88. The third-order valence-electron chi connectivity index (χ3n) is 2.50. The molecule has 0 spiro atoms. The maximum absolute atomic E-state index is 11.9. The first-order valence-corrected chi connectivity index (χ1v) is 6.48. The molecule has 2 aromatic heterocycles. The minimum atomic E-state index is -0.101. The number of aryl methyl sites for hydroxylation is 1. The van der Waals surface area contributed by atoms with E-state index in [1.165, 1.54) is 4.88 Å². The van der Waals surface area contributed by atoms with Gasteiger partial charge in [0.05, 0.1) is 12.1 Å². The highest BCUT2D eigenvalue weighted by atomic mass is 32.1. The number of anilines is 1. The van der Waals surface area contributed by atoms with Crippen molar-refractivity contribution in [3.05, 3.63) is 45.8 Å². The second-order valence-corrected chi connectivity index (χ2v) is 5.25. The molecule has 4 nitrogen and oxygen atoms in total. The lowest BCUT2D eigenvalue weighted by molar-refractivity contribution is 0.0951. The standard InChI is InChI=1S/C13H15N3OS/c1-9-3-5-11(18-9)8-16-13(17)10-4-6-12(14-2)15-7-10/h3-7H,8H2,1-2H3,(H,14,15)(H,16,17). The SMILES string of the molecule is CNc1ccc(C(=O)NCc2ccc(C)s2)cn1. The van der Waals surface area contributed by atoms with Gasteiger partial charge in [-0.1, -0.05) is 0 Å². The summed E-state index contributed by atoms with van der Waals surface area (Å²) in [6.45, 7) is 2.61. The molecule has 0 aromatic carbocycles. The number of hydrogen-bond donors (Lipinski definition) is 2. The molecule has 0 aliphatic rings. The number of thiophene rings is 1. The molecule has 0 atom stereocenters. The van der Waals surface area contributed by atoms with E-state index >= 15 is 0 Å². The van der Waals surface area contributed by atoms with Crippen LogP contribution in [0.2, 0.25) is 0 Å². The average molecular weight is 261 g/mol. The first kappa shape index (κ1) is 12.6. The predicted octanol–water partition coefficient (Wildman–Crippen LogP) is 2.42. The number of hydrogen-bond acceptors (Lipinski definition) is 4. The van der Waals surface area contributed by atoms with Crippen LogP contribution < -0.4 is 10.6 Å². The van der Waals surface area contributed by atoms with Crippen LogP contribution in [0.4, 0.5) is 5.82 Å². The molecule has 94 valence electrons. The molecular formula is C13H15N3OS. The number of amides is 1. The fraction of sp³-hybridized carbons (Fsp3) is 0.231. The average Bonchev–Trinajstić information content (AvgIpc) is 2.82. The van der Waals surface area contributed by atoms with Crippen molar-refractivity contribution in [2.24, 2.45) is 0 Å². The van der Waals surface area contributed by atoms with Crippen LogP contribution in [0.15, 0.2) is 30.5 Å². The maximum atomic E-state index is 11.9. The van der Waals surface area contributed by atoms with Gasteiger partial charge in [0, 0.05) is 23.0 Å². The van der Waals surface area contributed by atoms with Crippen molar-refractivity contribution in [3.63, 3.8) is 0 Å². The number of carbonyl (C=O) groups excluding carboxylic acids is 1. The molecule has 0 saturated heterocycles. The van der Waals surface area contributed by atoms with E-state index in [2.05, 4.69) is 28.6 Å². The Hall–Kier alpha value is -1.88. The first-order valence-electron chi connectivity index (χ1n) is 5.66. The smallest absolute Gasteiger partial charge is 0.253 e. The minimum absolute atomic E-state index is 0.101. The number of carbonyl (C=O) groups is 1. The summed E-state index contributed by atoms with van der Waals surface area (Å²) in [5.41, 5.74) is 0.572. The highest BCUT2D eigenvalue weighted by Crippen LogP contribution is 2.14. The third-order valence-corrected chi connectivity index (χ3v) is 3.50. The van der Waals surface area contributed by atoms with Crippen molar-refractivity contribution >= 4 is 23.1 Å². The number of rotatable bonds is 4. The Labute approximate surface area is 110 Å². The van der Waals surface area contributed by atoms with E-state index in [0.717, 1.165) is 10.7 Å². The molecule has 0 fully saturated rings. The molecule has 0 radical (unpaired) electrons. The quantitative estimate of drug-likeness (QED) is 0.888. The van der Waals surface area contributed by atoms with Crippen LogP contribution in [-0.2, 0) is 6.54 Å². The van der Waals surface area contributed by atoms with E-state index < -0.39 is 0 Å². The summed E-state index contributed by atoms with van der Waals surface area (Å²) in [4.78, 5) is 18.4. The van der Waals surface area contributed by atoms with Gasteiger partial charge in [-0.3, -0.25) is 4.79 Å². The Morgan fingerprint density at radius 1 is 1.33 bits per heavy atom. The molecule has 2 aromatic rings.